The summed E-state index contributed by atoms with van der Waals surface area (Å²) in [7, 11) is 0. The summed E-state index contributed by atoms with van der Waals surface area (Å²) in [6.07, 6.45) is 0.526. The highest BCUT2D eigenvalue weighted by Gasteiger charge is 2.29. The van der Waals surface area contributed by atoms with Crippen LogP contribution in [0.15, 0.2) is 40.9 Å². The van der Waals surface area contributed by atoms with E-state index in [1.165, 1.54) is 0 Å². The smallest absolute Gasteiger partial charge is 0.261 e. The van der Waals surface area contributed by atoms with Crippen LogP contribution in [0.4, 0.5) is 0 Å². The number of nitrogens with zero attached hydrogens (tertiary/aromatic N) is 1. The van der Waals surface area contributed by atoms with E-state index in [1.54, 1.807) is 4.90 Å². The van der Waals surface area contributed by atoms with E-state index in [2.05, 4.69) is 21.2 Å². The Morgan fingerprint density at radius 2 is 1.75 bits per heavy atom. The number of ether oxygens (including phenoxy) is 1. The number of aryl methyl sites for hydroxylation is 3. The number of carbonyl (C=O) groups is 2. The minimum absolute atomic E-state index is 0.125. The van der Waals surface area contributed by atoms with Crippen molar-refractivity contribution in [1.29, 1.82) is 0 Å². The zero-order valence-corrected chi connectivity index (χ0v) is 21.6. The van der Waals surface area contributed by atoms with Gasteiger partial charge in [-0.3, -0.25) is 9.59 Å². The summed E-state index contributed by atoms with van der Waals surface area (Å²) in [5.74, 6) is 0.641. The summed E-state index contributed by atoms with van der Waals surface area (Å²) < 4.78 is 6.89. The van der Waals surface area contributed by atoms with Gasteiger partial charge in [0.1, 0.15) is 11.8 Å². The van der Waals surface area contributed by atoms with Crippen LogP contribution in [0.5, 0.6) is 5.75 Å². The molecule has 2 amide bonds. The number of halogens is 1. The Bertz CT molecular complexity index is 919. The van der Waals surface area contributed by atoms with Gasteiger partial charge in [0.2, 0.25) is 5.91 Å². The van der Waals surface area contributed by atoms with Crippen molar-refractivity contribution < 1.29 is 14.3 Å². The molecule has 0 aliphatic carbocycles. The van der Waals surface area contributed by atoms with E-state index in [9.17, 15) is 9.59 Å². The van der Waals surface area contributed by atoms with Crippen molar-refractivity contribution in [2.24, 2.45) is 5.92 Å². The molecule has 6 heteroatoms. The molecule has 0 aliphatic heterocycles. The number of nitrogens with one attached hydrogen (secondary N) is 1. The van der Waals surface area contributed by atoms with Crippen LogP contribution in [0.25, 0.3) is 0 Å². The predicted octanol–water partition coefficient (Wildman–Crippen LogP) is 5.33. The molecule has 0 radical (unpaired) electrons. The molecule has 0 fully saturated rings. The van der Waals surface area contributed by atoms with Crippen LogP contribution in [0.2, 0.25) is 0 Å². The zero-order valence-electron chi connectivity index (χ0n) is 20.0. The molecule has 2 aromatic carbocycles. The Balaban J connectivity index is 2.23. The molecular weight excluding hydrogens is 468 g/mol. The molecule has 0 heterocycles. The monoisotopic (exact) mass is 502 g/mol. The van der Waals surface area contributed by atoms with Crippen LogP contribution in [0, 0.1) is 26.7 Å². The lowest BCUT2D eigenvalue weighted by molar-refractivity contribution is -0.143. The molecule has 1 N–H and O–H groups in total. The first-order valence-electron chi connectivity index (χ1n) is 11.1. The Morgan fingerprint density at radius 3 is 2.31 bits per heavy atom. The molecule has 0 spiro atoms. The molecule has 0 saturated heterocycles. The average Bonchev–Trinajstić information content (AvgIpc) is 2.74. The van der Waals surface area contributed by atoms with Crippen molar-refractivity contribution in [3.63, 3.8) is 0 Å². The molecule has 2 rings (SSSR count). The van der Waals surface area contributed by atoms with Crippen molar-refractivity contribution in [3.05, 3.63) is 63.1 Å². The van der Waals surface area contributed by atoms with Crippen LogP contribution in [-0.2, 0) is 16.1 Å². The largest absolute Gasteiger partial charge is 0.484 e. The Hall–Kier alpha value is -2.34. The molecule has 32 heavy (non-hydrogen) atoms. The lowest BCUT2D eigenvalue weighted by Gasteiger charge is -2.31. The van der Waals surface area contributed by atoms with Gasteiger partial charge in [-0.15, -0.1) is 0 Å². The third kappa shape index (κ3) is 7.37. The average molecular weight is 503 g/mol. The highest BCUT2D eigenvalue weighted by molar-refractivity contribution is 9.10. The van der Waals surface area contributed by atoms with Crippen molar-refractivity contribution in [1.82, 2.24) is 10.2 Å². The molecule has 0 unspecified atom stereocenters. The molecule has 0 aliphatic rings. The van der Waals surface area contributed by atoms with Crippen LogP contribution in [-0.4, -0.2) is 35.9 Å². The fourth-order valence-electron chi connectivity index (χ4n) is 3.57. The van der Waals surface area contributed by atoms with E-state index < -0.39 is 6.04 Å². The molecule has 174 valence electrons. The minimum Gasteiger partial charge on any atom is -0.484 e. The Morgan fingerprint density at radius 1 is 1.09 bits per heavy atom. The second kappa shape index (κ2) is 12.0. The second-order valence-corrected chi connectivity index (χ2v) is 9.53. The maximum atomic E-state index is 13.3. The van der Waals surface area contributed by atoms with Crippen LogP contribution in [0.3, 0.4) is 0 Å². The van der Waals surface area contributed by atoms with Crippen LogP contribution < -0.4 is 10.1 Å². The SMILES string of the molecule is CC[C@@H](C(=O)NCC(C)C)N(Cc1cccc(C)c1)C(=O)COc1cc(C)c(Br)c(C)c1. The summed E-state index contributed by atoms with van der Waals surface area (Å²) in [5, 5.41) is 2.98. The molecular formula is C26H35BrN2O3. The minimum atomic E-state index is -0.557. The first-order valence-corrected chi connectivity index (χ1v) is 11.9. The van der Waals surface area contributed by atoms with E-state index in [0.29, 0.717) is 31.2 Å². The van der Waals surface area contributed by atoms with E-state index in [1.807, 2.05) is 77.9 Å². The van der Waals surface area contributed by atoms with Gasteiger partial charge in [0, 0.05) is 17.6 Å². The van der Waals surface area contributed by atoms with Gasteiger partial charge in [-0.1, -0.05) is 66.5 Å². The van der Waals surface area contributed by atoms with Gasteiger partial charge < -0.3 is 15.0 Å². The van der Waals surface area contributed by atoms with Gasteiger partial charge in [0.25, 0.3) is 5.91 Å². The van der Waals surface area contributed by atoms with Crippen LogP contribution >= 0.6 is 15.9 Å². The van der Waals surface area contributed by atoms with Crippen molar-refractivity contribution in [2.45, 2.75) is 60.5 Å². The number of hydrogen-bond acceptors (Lipinski definition) is 3. The van der Waals surface area contributed by atoms with E-state index in [0.717, 1.165) is 26.7 Å². The van der Waals surface area contributed by atoms with Crippen molar-refractivity contribution in [3.8, 4) is 5.75 Å². The fraction of sp³-hybridized carbons (Fsp3) is 0.462. The van der Waals surface area contributed by atoms with E-state index in [-0.39, 0.29) is 18.4 Å². The fourth-order valence-corrected chi connectivity index (χ4v) is 3.80. The van der Waals surface area contributed by atoms with Gasteiger partial charge in [-0.2, -0.15) is 0 Å². The first-order chi connectivity index (χ1) is 15.1. The molecule has 0 aromatic heterocycles. The van der Waals surface area contributed by atoms with Crippen molar-refractivity contribution in [2.75, 3.05) is 13.2 Å². The quantitative estimate of drug-likeness (QED) is 0.477. The van der Waals surface area contributed by atoms with Gasteiger partial charge in [0.05, 0.1) is 0 Å². The number of hydrogen-bond donors (Lipinski definition) is 1. The van der Waals surface area contributed by atoms with E-state index >= 15 is 0 Å². The summed E-state index contributed by atoms with van der Waals surface area (Å²) in [4.78, 5) is 27.9. The van der Waals surface area contributed by atoms with Crippen molar-refractivity contribution >= 4 is 27.7 Å². The molecule has 0 bridgehead atoms. The third-order valence-electron chi connectivity index (χ3n) is 5.28. The number of benzene rings is 2. The molecule has 2 aromatic rings. The lowest BCUT2D eigenvalue weighted by Crippen LogP contribution is -2.50. The molecule has 5 nitrogen and oxygen atoms in total. The maximum absolute atomic E-state index is 13.3. The lowest BCUT2D eigenvalue weighted by atomic mass is 10.1. The highest BCUT2D eigenvalue weighted by Crippen LogP contribution is 2.26. The Kier molecular flexibility index (Phi) is 9.76. The zero-order chi connectivity index (χ0) is 23.8. The van der Waals surface area contributed by atoms with Gasteiger partial charge in [0.15, 0.2) is 6.61 Å². The van der Waals surface area contributed by atoms with E-state index in [4.69, 9.17) is 4.74 Å². The Labute approximate surface area is 200 Å². The molecule has 1 atom stereocenters. The topological polar surface area (TPSA) is 58.6 Å². The summed E-state index contributed by atoms with van der Waals surface area (Å²) in [5.41, 5.74) is 4.19. The van der Waals surface area contributed by atoms with Gasteiger partial charge >= 0.3 is 0 Å². The summed E-state index contributed by atoms with van der Waals surface area (Å²) in [6.45, 7) is 12.8. The summed E-state index contributed by atoms with van der Waals surface area (Å²) in [6, 6.07) is 11.3. The number of rotatable bonds is 10. The van der Waals surface area contributed by atoms with Crippen LogP contribution in [0.1, 0.15) is 49.4 Å². The number of amides is 2. The van der Waals surface area contributed by atoms with Gasteiger partial charge in [-0.05, 0) is 61.9 Å². The standard InChI is InChI=1S/C26H35BrN2O3/c1-7-23(26(31)28-14-17(2)3)29(15-21-10-8-9-18(4)11-21)24(30)16-32-22-12-19(5)25(27)20(6)13-22/h8-13,17,23H,7,14-16H2,1-6H3,(H,28,31)/t23-/m0/s1. The first kappa shape index (κ1) is 25.9. The predicted molar refractivity (Wildman–Crippen MR) is 133 cm³/mol. The normalized spacial score (nSPS) is 11.9. The number of carbonyl (C=O) groups excluding carboxylic acids is 2. The maximum Gasteiger partial charge on any atom is 0.261 e. The molecule has 0 saturated carbocycles. The third-order valence-corrected chi connectivity index (χ3v) is 6.53. The highest BCUT2D eigenvalue weighted by atomic mass is 79.9. The summed E-state index contributed by atoms with van der Waals surface area (Å²) >= 11 is 3.55. The second-order valence-electron chi connectivity index (χ2n) is 8.73. The van der Waals surface area contributed by atoms with Gasteiger partial charge in [-0.25, -0.2) is 0 Å².